The van der Waals surface area contributed by atoms with Crippen LogP contribution in [-0.4, -0.2) is 31.0 Å². The van der Waals surface area contributed by atoms with Crippen LogP contribution in [0.15, 0.2) is 47.6 Å². The molecule has 1 aromatic carbocycles. The highest BCUT2D eigenvalue weighted by Gasteiger charge is 2.31. The van der Waals surface area contributed by atoms with Gasteiger partial charge in [0.05, 0.1) is 11.3 Å². The Morgan fingerprint density at radius 2 is 2.10 bits per heavy atom. The first-order valence-electron chi connectivity index (χ1n) is 6.29. The monoisotopic (exact) mass is 304 g/mol. The van der Waals surface area contributed by atoms with E-state index in [1.807, 2.05) is 0 Å². The highest BCUT2D eigenvalue weighted by molar-refractivity contribution is 7.92. The van der Waals surface area contributed by atoms with Gasteiger partial charge < -0.3 is 5.11 Å². The second-order valence-electron chi connectivity index (χ2n) is 4.66. The minimum atomic E-state index is -3.66. The molecule has 0 atom stereocenters. The van der Waals surface area contributed by atoms with E-state index < -0.39 is 16.0 Å². The first-order valence-corrected chi connectivity index (χ1v) is 7.73. The molecule has 1 aromatic heterocycles. The molecule has 6 nitrogen and oxygen atoms in total. The van der Waals surface area contributed by atoms with Crippen molar-refractivity contribution in [2.24, 2.45) is 0 Å². The highest BCUT2D eigenvalue weighted by Crippen LogP contribution is 2.33. The fourth-order valence-electron chi connectivity index (χ4n) is 2.38. The lowest BCUT2D eigenvalue weighted by molar-refractivity contribution is 0.0697. The Morgan fingerprint density at radius 1 is 1.29 bits per heavy atom. The minimum absolute atomic E-state index is 0.125. The summed E-state index contributed by atoms with van der Waals surface area (Å²) in [5.41, 5.74) is 1.42. The van der Waals surface area contributed by atoms with Crippen LogP contribution < -0.4 is 4.31 Å². The van der Waals surface area contributed by atoms with Crippen molar-refractivity contribution in [3.63, 3.8) is 0 Å². The number of hydrogen-bond donors (Lipinski definition) is 1. The summed E-state index contributed by atoms with van der Waals surface area (Å²) in [6.07, 6.45) is 3.31. The van der Waals surface area contributed by atoms with Crippen LogP contribution in [0, 0.1) is 0 Å². The Morgan fingerprint density at radius 3 is 2.76 bits per heavy atom. The first-order chi connectivity index (χ1) is 10.00. The van der Waals surface area contributed by atoms with E-state index in [2.05, 4.69) is 4.98 Å². The van der Waals surface area contributed by atoms with Crippen molar-refractivity contribution in [2.75, 3.05) is 10.8 Å². The number of carboxylic acid groups (broad SMARTS) is 1. The molecule has 1 aliphatic rings. The van der Waals surface area contributed by atoms with Crippen LogP contribution in [0.2, 0.25) is 0 Å². The molecule has 1 N–H and O–H groups in total. The molecule has 7 heteroatoms. The van der Waals surface area contributed by atoms with Crippen LogP contribution in [0.25, 0.3) is 0 Å². The molecule has 2 heterocycles. The zero-order valence-electron chi connectivity index (χ0n) is 10.9. The molecule has 2 aromatic rings. The number of carbonyl (C=O) groups is 1. The van der Waals surface area contributed by atoms with E-state index in [1.165, 1.54) is 34.9 Å². The summed E-state index contributed by atoms with van der Waals surface area (Å²) in [6.45, 7) is 0.301. The van der Waals surface area contributed by atoms with Gasteiger partial charge >= 0.3 is 5.97 Å². The number of pyridine rings is 1. The van der Waals surface area contributed by atoms with Gasteiger partial charge in [-0.3, -0.25) is 9.29 Å². The van der Waals surface area contributed by atoms with Gasteiger partial charge in [0, 0.05) is 18.9 Å². The predicted octanol–water partition coefficient (Wildman–Crippen LogP) is 1.53. The molecule has 21 heavy (non-hydrogen) atoms. The number of benzene rings is 1. The van der Waals surface area contributed by atoms with Gasteiger partial charge in [-0.2, -0.15) is 0 Å². The minimum Gasteiger partial charge on any atom is -0.478 e. The molecule has 1 aliphatic heterocycles. The van der Waals surface area contributed by atoms with Crippen LogP contribution in [-0.2, 0) is 16.4 Å². The van der Waals surface area contributed by atoms with Gasteiger partial charge in [0.25, 0.3) is 10.0 Å². The number of aromatic carboxylic acids is 1. The third-order valence-corrected chi connectivity index (χ3v) is 5.20. The molecular formula is C14H12N2O4S. The summed E-state index contributed by atoms with van der Waals surface area (Å²) in [5.74, 6) is -1.02. The van der Waals surface area contributed by atoms with Gasteiger partial charge in [0.15, 0.2) is 0 Å². The summed E-state index contributed by atoms with van der Waals surface area (Å²) in [5, 5.41) is 8.98. The average molecular weight is 304 g/mol. The summed E-state index contributed by atoms with van der Waals surface area (Å²) in [6, 6.07) is 7.54. The van der Waals surface area contributed by atoms with Crippen LogP contribution >= 0.6 is 0 Å². The molecule has 0 radical (unpaired) electrons. The Balaban J connectivity index is 2.04. The van der Waals surface area contributed by atoms with E-state index in [-0.39, 0.29) is 10.5 Å². The lowest BCUT2D eigenvalue weighted by Gasteiger charge is -2.19. The quantitative estimate of drug-likeness (QED) is 0.929. The number of hydrogen-bond acceptors (Lipinski definition) is 4. The highest BCUT2D eigenvalue weighted by atomic mass is 32.2. The van der Waals surface area contributed by atoms with Crippen molar-refractivity contribution < 1.29 is 18.3 Å². The topological polar surface area (TPSA) is 87.6 Å². The molecule has 0 saturated heterocycles. The lowest BCUT2D eigenvalue weighted by atomic mass is 10.1. The van der Waals surface area contributed by atoms with Gasteiger partial charge in [0.2, 0.25) is 0 Å². The molecule has 108 valence electrons. The van der Waals surface area contributed by atoms with Gasteiger partial charge in [-0.25, -0.2) is 13.2 Å². The third-order valence-electron chi connectivity index (χ3n) is 3.40. The van der Waals surface area contributed by atoms with Gasteiger partial charge in [-0.15, -0.1) is 0 Å². The van der Waals surface area contributed by atoms with Crippen molar-refractivity contribution in [3.8, 4) is 0 Å². The summed E-state index contributed by atoms with van der Waals surface area (Å²) in [7, 11) is -3.66. The number of rotatable bonds is 3. The van der Waals surface area contributed by atoms with Crippen LogP contribution in [0.4, 0.5) is 5.69 Å². The average Bonchev–Trinajstić information content (AvgIpc) is 2.91. The number of nitrogens with zero attached hydrogens (tertiary/aromatic N) is 2. The number of carboxylic acids is 1. The second-order valence-corrected chi connectivity index (χ2v) is 6.53. The fourth-order valence-corrected chi connectivity index (χ4v) is 3.85. The van der Waals surface area contributed by atoms with Crippen LogP contribution in [0.3, 0.4) is 0 Å². The van der Waals surface area contributed by atoms with E-state index in [0.717, 1.165) is 5.56 Å². The Hall–Kier alpha value is -2.41. The van der Waals surface area contributed by atoms with E-state index in [1.54, 1.807) is 12.1 Å². The zero-order valence-corrected chi connectivity index (χ0v) is 11.7. The zero-order chi connectivity index (χ0) is 15.0. The Labute approximate surface area is 121 Å². The molecule has 3 rings (SSSR count). The number of fused-ring (bicyclic) bond motifs is 1. The molecule has 0 bridgehead atoms. The maximum absolute atomic E-state index is 12.6. The number of anilines is 1. The normalized spacial score (nSPS) is 14.0. The molecule has 0 amide bonds. The third kappa shape index (κ3) is 2.25. The molecule has 0 aliphatic carbocycles. The van der Waals surface area contributed by atoms with Crippen molar-refractivity contribution in [1.29, 1.82) is 0 Å². The summed E-state index contributed by atoms with van der Waals surface area (Å²) >= 11 is 0. The fraction of sp³-hybridized carbons (Fsp3) is 0.143. The maximum Gasteiger partial charge on any atom is 0.335 e. The smallest absolute Gasteiger partial charge is 0.335 e. The van der Waals surface area contributed by atoms with Crippen molar-refractivity contribution in [3.05, 3.63) is 53.9 Å². The first kappa shape index (κ1) is 13.6. The number of sulfonamides is 1. The van der Waals surface area contributed by atoms with E-state index >= 15 is 0 Å². The van der Waals surface area contributed by atoms with Crippen molar-refractivity contribution >= 4 is 21.7 Å². The number of aromatic nitrogens is 1. The van der Waals surface area contributed by atoms with E-state index in [4.69, 9.17) is 5.11 Å². The molecule has 0 saturated carbocycles. The Bertz CT molecular complexity index is 803. The predicted molar refractivity (Wildman–Crippen MR) is 75.9 cm³/mol. The van der Waals surface area contributed by atoms with E-state index in [9.17, 15) is 13.2 Å². The molecular weight excluding hydrogens is 292 g/mol. The summed E-state index contributed by atoms with van der Waals surface area (Å²) < 4.78 is 26.5. The Kier molecular flexibility index (Phi) is 3.13. The van der Waals surface area contributed by atoms with Gasteiger partial charge in [-0.05, 0) is 42.3 Å². The molecule has 0 spiro atoms. The SMILES string of the molecule is O=C(O)c1ccc2c(c1)CCN2S(=O)(=O)c1cccnc1. The van der Waals surface area contributed by atoms with Gasteiger partial charge in [-0.1, -0.05) is 0 Å². The lowest BCUT2D eigenvalue weighted by Crippen LogP contribution is -2.29. The largest absolute Gasteiger partial charge is 0.478 e. The van der Waals surface area contributed by atoms with Gasteiger partial charge in [0.1, 0.15) is 4.90 Å². The van der Waals surface area contributed by atoms with Crippen molar-refractivity contribution in [1.82, 2.24) is 4.98 Å². The summed E-state index contributed by atoms with van der Waals surface area (Å²) in [4.78, 5) is 14.9. The van der Waals surface area contributed by atoms with E-state index in [0.29, 0.717) is 18.7 Å². The second kappa shape index (κ2) is 4.85. The molecule has 0 unspecified atom stereocenters. The molecule has 0 fully saturated rings. The van der Waals surface area contributed by atoms with Crippen LogP contribution in [0.5, 0.6) is 0 Å². The maximum atomic E-state index is 12.6. The van der Waals surface area contributed by atoms with Crippen molar-refractivity contribution in [2.45, 2.75) is 11.3 Å². The van der Waals surface area contributed by atoms with Crippen LogP contribution in [0.1, 0.15) is 15.9 Å². The standard InChI is InChI=1S/C14H12N2O4S/c17-14(18)11-3-4-13-10(8-11)5-7-16(13)21(19,20)12-2-1-6-15-9-12/h1-4,6,8-9H,5,7H2,(H,17,18).